The van der Waals surface area contributed by atoms with Gasteiger partial charge < -0.3 is 14.8 Å². The minimum absolute atomic E-state index is 0.115. The van der Waals surface area contributed by atoms with Crippen LogP contribution in [0.3, 0.4) is 0 Å². The molecule has 1 aliphatic heterocycles. The summed E-state index contributed by atoms with van der Waals surface area (Å²) in [6.07, 6.45) is 0. The van der Waals surface area contributed by atoms with Crippen molar-refractivity contribution in [2.24, 2.45) is 5.14 Å². The standard InChI is InChI=1S/C20H25N3O5S/c1-27-20(24)18-12-17(29(21,25)26)6-7-19(18)22-13-15-4-2-3-5-16(15)14-23-8-10-28-11-9-23/h2-7,12,22H,8-11,13-14H2,1H3,(H2,21,25,26). The van der Waals surface area contributed by atoms with Crippen LogP contribution in [0.1, 0.15) is 21.5 Å². The van der Waals surface area contributed by atoms with Crippen molar-refractivity contribution in [1.29, 1.82) is 0 Å². The smallest absolute Gasteiger partial charge is 0.340 e. The second-order valence-corrected chi connectivity index (χ2v) is 8.32. The van der Waals surface area contributed by atoms with Gasteiger partial charge in [-0.25, -0.2) is 18.4 Å². The van der Waals surface area contributed by atoms with Gasteiger partial charge in [-0.05, 0) is 29.3 Å². The van der Waals surface area contributed by atoms with Gasteiger partial charge in [-0.3, -0.25) is 4.90 Å². The first-order valence-corrected chi connectivity index (χ1v) is 10.8. The van der Waals surface area contributed by atoms with E-state index in [9.17, 15) is 13.2 Å². The quantitative estimate of drug-likeness (QED) is 0.655. The number of benzene rings is 2. The summed E-state index contributed by atoms with van der Waals surface area (Å²) in [6, 6.07) is 12.2. The minimum Gasteiger partial charge on any atom is -0.465 e. The van der Waals surface area contributed by atoms with Crippen LogP contribution in [-0.4, -0.2) is 52.7 Å². The van der Waals surface area contributed by atoms with Crippen LogP contribution in [-0.2, 0) is 32.6 Å². The van der Waals surface area contributed by atoms with Crippen LogP contribution in [0.15, 0.2) is 47.4 Å². The second kappa shape index (κ2) is 9.36. The molecule has 0 unspecified atom stereocenters. The molecule has 0 atom stereocenters. The van der Waals surface area contributed by atoms with E-state index in [0.717, 1.165) is 38.4 Å². The molecule has 1 saturated heterocycles. The zero-order valence-electron chi connectivity index (χ0n) is 16.3. The van der Waals surface area contributed by atoms with Crippen molar-refractivity contribution in [2.75, 3.05) is 38.7 Å². The highest BCUT2D eigenvalue weighted by Crippen LogP contribution is 2.22. The molecule has 3 N–H and O–H groups in total. The maximum Gasteiger partial charge on any atom is 0.340 e. The lowest BCUT2D eigenvalue weighted by molar-refractivity contribution is 0.0341. The van der Waals surface area contributed by atoms with Crippen molar-refractivity contribution in [3.05, 3.63) is 59.2 Å². The molecule has 0 saturated carbocycles. The van der Waals surface area contributed by atoms with Crippen molar-refractivity contribution in [3.8, 4) is 0 Å². The molecule has 0 aliphatic carbocycles. The summed E-state index contributed by atoms with van der Waals surface area (Å²) >= 11 is 0. The number of carbonyl (C=O) groups is 1. The van der Waals surface area contributed by atoms with Gasteiger partial charge in [-0.1, -0.05) is 24.3 Å². The third-order valence-corrected chi connectivity index (χ3v) is 5.72. The Labute approximate surface area is 170 Å². The number of nitrogens with two attached hydrogens (primary N) is 1. The Morgan fingerprint density at radius 2 is 1.86 bits per heavy atom. The lowest BCUT2D eigenvalue weighted by atomic mass is 10.1. The van der Waals surface area contributed by atoms with E-state index in [0.29, 0.717) is 12.2 Å². The molecule has 0 spiro atoms. The molecule has 2 aromatic carbocycles. The Kier molecular flexibility index (Phi) is 6.86. The van der Waals surface area contributed by atoms with E-state index >= 15 is 0 Å². The molecule has 1 fully saturated rings. The number of anilines is 1. The molecule has 1 aliphatic rings. The molecular formula is C20H25N3O5S. The van der Waals surface area contributed by atoms with Gasteiger partial charge >= 0.3 is 5.97 Å². The summed E-state index contributed by atoms with van der Waals surface area (Å²) in [6.45, 7) is 4.54. The van der Waals surface area contributed by atoms with Gasteiger partial charge in [0.25, 0.3) is 0 Å². The lowest BCUT2D eigenvalue weighted by Gasteiger charge is -2.27. The Morgan fingerprint density at radius 1 is 1.17 bits per heavy atom. The number of nitrogens with one attached hydrogen (secondary N) is 1. The van der Waals surface area contributed by atoms with E-state index in [1.807, 2.05) is 18.2 Å². The zero-order valence-corrected chi connectivity index (χ0v) is 17.1. The lowest BCUT2D eigenvalue weighted by Crippen LogP contribution is -2.35. The van der Waals surface area contributed by atoms with Crippen LogP contribution < -0.4 is 10.5 Å². The monoisotopic (exact) mass is 419 g/mol. The summed E-state index contributed by atoms with van der Waals surface area (Å²) < 4.78 is 33.4. The van der Waals surface area contributed by atoms with Gasteiger partial charge in [0.1, 0.15) is 0 Å². The van der Waals surface area contributed by atoms with Crippen molar-refractivity contribution in [1.82, 2.24) is 4.90 Å². The van der Waals surface area contributed by atoms with Gasteiger partial charge in [0.2, 0.25) is 10.0 Å². The first-order chi connectivity index (χ1) is 13.9. The van der Waals surface area contributed by atoms with Gasteiger partial charge in [-0.15, -0.1) is 0 Å². The summed E-state index contributed by atoms with van der Waals surface area (Å²) in [5, 5.41) is 8.40. The van der Waals surface area contributed by atoms with Crippen LogP contribution in [0.25, 0.3) is 0 Å². The topological polar surface area (TPSA) is 111 Å². The molecule has 2 aromatic rings. The molecule has 0 bridgehead atoms. The number of hydrogen-bond acceptors (Lipinski definition) is 7. The van der Waals surface area contributed by atoms with Crippen molar-refractivity contribution >= 4 is 21.7 Å². The molecule has 29 heavy (non-hydrogen) atoms. The van der Waals surface area contributed by atoms with Crippen molar-refractivity contribution in [3.63, 3.8) is 0 Å². The maximum atomic E-state index is 12.1. The fourth-order valence-electron chi connectivity index (χ4n) is 3.21. The van der Waals surface area contributed by atoms with E-state index < -0.39 is 16.0 Å². The van der Waals surface area contributed by atoms with Crippen LogP contribution in [0.4, 0.5) is 5.69 Å². The number of methoxy groups -OCH3 is 1. The SMILES string of the molecule is COC(=O)c1cc(S(N)(=O)=O)ccc1NCc1ccccc1CN1CCOCC1. The largest absolute Gasteiger partial charge is 0.465 e. The predicted molar refractivity (Wildman–Crippen MR) is 109 cm³/mol. The number of rotatable bonds is 7. The molecule has 3 rings (SSSR count). The summed E-state index contributed by atoms with van der Waals surface area (Å²) in [5.74, 6) is -0.639. The minimum atomic E-state index is -3.93. The molecular weight excluding hydrogens is 394 g/mol. The number of primary sulfonamides is 1. The Bertz CT molecular complexity index is 972. The van der Waals surface area contributed by atoms with Gasteiger partial charge in [0.15, 0.2) is 0 Å². The Balaban J connectivity index is 1.80. The summed E-state index contributed by atoms with van der Waals surface area (Å²) in [5.41, 5.74) is 2.86. The number of esters is 1. The summed E-state index contributed by atoms with van der Waals surface area (Å²) in [7, 11) is -2.68. The fourth-order valence-corrected chi connectivity index (χ4v) is 3.75. The number of ether oxygens (including phenoxy) is 2. The normalized spacial score (nSPS) is 15.1. The predicted octanol–water partition coefficient (Wildman–Crippen LogP) is 1.56. The molecule has 9 heteroatoms. The third kappa shape index (κ3) is 5.54. The Hall–Kier alpha value is -2.46. The maximum absolute atomic E-state index is 12.1. The first-order valence-electron chi connectivity index (χ1n) is 9.24. The molecule has 1 heterocycles. The second-order valence-electron chi connectivity index (χ2n) is 6.75. The van der Waals surface area contributed by atoms with Gasteiger partial charge in [0.05, 0.1) is 30.8 Å². The van der Waals surface area contributed by atoms with Crippen LogP contribution in [0.2, 0.25) is 0 Å². The van der Waals surface area contributed by atoms with E-state index in [2.05, 4.69) is 16.3 Å². The van der Waals surface area contributed by atoms with E-state index in [1.165, 1.54) is 30.9 Å². The zero-order chi connectivity index (χ0) is 20.9. The Morgan fingerprint density at radius 3 is 2.52 bits per heavy atom. The van der Waals surface area contributed by atoms with Crippen LogP contribution >= 0.6 is 0 Å². The summed E-state index contributed by atoms with van der Waals surface area (Å²) in [4.78, 5) is 14.3. The highest BCUT2D eigenvalue weighted by Gasteiger charge is 2.18. The number of morpholine rings is 1. The number of sulfonamides is 1. The average molecular weight is 420 g/mol. The highest BCUT2D eigenvalue weighted by molar-refractivity contribution is 7.89. The molecule has 0 radical (unpaired) electrons. The van der Waals surface area contributed by atoms with Crippen molar-refractivity contribution in [2.45, 2.75) is 18.0 Å². The van der Waals surface area contributed by atoms with Crippen LogP contribution in [0, 0.1) is 0 Å². The number of nitrogens with zero attached hydrogens (tertiary/aromatic N) is 1. The average Bonchev–Trinajstić information content (AvgIpc) is 2.72. The molecule has 156 valence electrons. The van der Waals surface area contributed by atoms with Gasteiger partial charge in [0, 0.05) is 31.9 Å². The highest BCUT2D eigenvalue weighted by atomic mass is 32.2. The fraction of sp³-hybridized carbons (Fsp3) is 0.350. The number of carbonyl (C=O) groups excluding carboxylic acids is 1. The third-order valence-electron chi connectivity index (χ3n) is 4.81. The van der Waals surface area contributed by atoms with E-state index in [-0.39, 0.29) is 10.5 Å². The molecule has 8 nitrogen and oxygen atoms in total. The van der Waals surface area contributed by atoms with E-state index in [1.54, 1.807) is 0 Å². The first kappa shape index (κ1) is 21.3. The van der Waals surface area contributed by atoms with Crippen LogP contribution in [0.5, 0.6) is 0 Å². The van der Waals surface area contributed by atoms with Gasteiger partial charge in [-0.2, -0.15) is 0 Å². The van der Waals surface area contributed by atoms with Crippen molar-refractivity contribution < 1.29 is 22.7 Å². The number of hydrogen-bond donors (Lipinski definition) is 2. The molecule has 0 amide bonds. The van der Waals surface area contributed by atoms with E-state index in [4.69, 9.17) is 14.6 Å². The molecule has 0 aromatic heterocycles.